The first-order valence-electron chi connectivity index (χ1n) is 5.66. The van der Waals surface area contributed by atoms with E-state index in [2.05, 4.69) is 11.9 Å². The Labute approximate surface area is 94.3 Å². The lowest BCUT2D eigenvalue weighted by molar-refractivity contribution is 0.0726. The summed E-state index contributed by atoms with van der Waals surface area (Å²) in [7, 11) is 0. The van der Waals surface area contributed by atoms with Crippen molar-refractivity contribution in [3.8, 4) is 0 Å². The second-order valence-corrected chi connectivity index (χ2v) is 4.05. The molecular formula is C12H15FN2O. The maximum absolute atomic E-state index is 12.9. The minimum Gasteiger partial charge on any atom is -0.334 e. The van der Waals surface area contributed by atoms with Gasteiger partial charge in [-0.05, 0) is 31.4 Å². The van der Waals surface area contributed by atoms with Crippen molar-refractivity contribution in [2.45, 2.75) is 32.2 Å². The lowest BCUT2D eigenvalue weighted by atomic mass is 10.1. The summed E-state index contributed by atoms with van der Waals surface area (Å²) in [4.78, 5) is 17.5. The molecule has 1 aromatic rings. The Bertz CT molecular complexity index is 394. The fraction of sp³-hybridized carbons (Fsp3) is 0.500. The molecular weight excluding hydrogens is 207 g/mol. The summed E-state index contributed by atoms with van der Waals surface area (Å²) < 4.78 is 12.9. The molecule has 16 heavy (non-hydrogen) atoms. The van der Waals surface area contributed by atoms with E-state index in [9.17, 15) is 9.18 Å². The molecule has 0 aliphatic carbocycles. The summed E-state index contributed by atoms with van der Waals surface area (Å²) in [6, 6.07) is 4.62. The van der Waals surface area contributed by atoms with Crippen molar-refractivity contribution in [1.82, 2.24) is 9.88 Å². The molecule has 0 aromatic carbocycles. The Balaban J connectivity index is 2.18. The van der Waals surface area contributed by atoms with Gasteiger partial charge in [-0.15, -0.1) is 0 Å². The van der Waals surface area contributed by atoms with E-state index in [1.807, 2.05) is 4.90 Å². The zero-order valence-electron chi connectivity index (χ0n) is 9.32. The van der Waals surface area contributed by atoms with Crippen molar-refractivity contribution in [1.29, 1.82) is 0 Å². The normalized spacial score (nSPS) is 20.1. The molecule has 2 heterocycles. The van der Waals surface area contributed by atoms with Crippen molar-refractivity contribution < 1.29 is 9.18 Å². The third-order valence-corrected chi connectivity index (χ3v) is 3.04. The summed E-state index contributed by atoms with van der Waals surface area (Å²) in [5, 5.41) is 0. The lowest BCUT2D eigenvalue weighted by Crippen LogP contribution is -2.35. The van der Waals surface area contributed by atoms with Gasteiger partial charge in [-0.1, -0.05) is 13.0 Å². The van der Waals surface area contributed by atoms with Gasteiger partial charge in [0.1, 0.15) is 5.69 Å². The van der Waals surface area contributed by atoms with Crippen LogP contribution in [0.2, 0.25) is 0 Å². The zero-order valence-corrected chi connectivity index (χ0v) is 9.32. The second kappa shape index (κ2) is 4.60. The minimum absolute atomic E-state index is 0.149. The molecule has 2 rings (SSSR count). The van der Waals surface area contributed by atoms with Crippen molar-refractivity contribution in [2.75, 3.05) is 6.54 Å². The molecule has 4 heteroatoms. The number of carbonyl (C=O) groups is 1. The summed E-state index contributed by atoms with van der Waals surface area (Å²) >= 11 is 0. The Kier molecular flexibility index (Phi) is 3.17. The highest BCUT2D eigenvalue weighted by atomic mass is 19.1. The van der Waals surface area contributed by atoms with Gasteiger partial charge in [0.05, 0.1) is 0 Å². The maximum atomic E-state index is 12.9. The number of halogens is 1. The first kappa shape index (κ1) is 11.0. The van der Waals surface area contributed by atoms with Crippen molar-refractivity contribution in [2.24, 2.45) is 0 Å². The quantitative estimate of drug-likeness (QED) is 0.719. The van der Waals surface area contributed by atoms with E-state index < -0.39 is 5.95 Å². The predicted molar refractivity (Wildman–Crippen MR) is 58.5 cm³/mol. The molecule has 1 atom stereocenters. The van der Waals surface area contributed by atoms with Crippen LogP contribution < -0.4 is 0 Å². The van der Waals surface area contributed by atoms with Gasteiger partial charge < -0.3 is 4.90 Å². The van der Waals surface area contributed by atoms with E-state index in [0.717, 1.165) is 25.8 Å². The molecule has 1 fully saturated rings. The van der Waals surface area contributed by atoms with Crippen LogP contribution in [-0.2, 0) is 0 Å². The number of aromatic nitrogens is 1. The Morgan fingerprint density at radius 2 is 2.44 bits per heavy atom. The van der Waals surface area contributed by atoms with Crippen LogP contribution in [0.5, 0.6) is 0 Å². The third-order valence-electron chi connectivity index (χ3n) is 3.04. The van der Waals surface area contributed by atoms with Crippen LogP contribution in [-0.4, -0.2) is 28.4 Å². The molecule has 0 spiro atoms. The molecule has 0 saturated carbocycles. The molecule has 0 radical (unpaired) electrons. The van der Waals surface area contributed by atoms with E-state index >= 15 is 0 Å². The zero-order chi connectivity index (χ0) is 11.5. The van der Waals surface area contributed by atoms with E-state index in [1.165, 1.54) is 12.1 Å². The number of rotatable bonds is 2. The fourth-order valence-electron chi connectivity index (χ4n) is 2.20. The van der Waals surface area contributed by atoms with Gasteiger partial charge in [0.2, 0.25) is 5.95 Å². The second-order valence-electron chi connectivity index (χ2n) is 4.05. The molecule has 1 aliphatic rings. The van der Waals surface area contributed by atoms with Gasteiger partial charge in [-0.25, -0.2) is 4.98 Å². The average Bonchev–Trinajstić information content (AvgIpc) is 2.76. The van der Waals surface area contributed by atoms with E-state index in [0.29, 0.717) is 0 Å². The van der Waals surface area contributed by atoms with E-state index in [4.69, 9.17) is 0 Å². The smallest absolute Gasteiger partial charge is 0.272 e. The van der Waals surface area contributed by atoms with Crippen LogP contribution in [0.15, 0.2) is 18.2 Å². The highest BCUT2D eigenvalue weighted by molar-refractivity contribution is 5.92. The number of amides is 1. The van der Waals surface area contributed by atoms with Crippen molar-refractivity contribution in [3.05, 3.63) is 29.8 Å². The standard InChI is InChI=1S/C12H15FN2O/c1-2-9-5-4-8-15(9)12(16)10-6-3-7-11(13)14-10/h3,6-7,9H,2,4-5,8H2,1H3. The van der Waals surface area contributed by atoms with Crippen LogP contribution in [0.25, 0.3) is 0 Å². The summed E-state index contributed by atoms with van der Waals surface area (Å²) in [6.07, 6.45) is 3.01. The third kappa shape index (κ3) is 2.05. The highest BCUT2D eigenvalue weighted by Gasteiger charge is 2.28. The summed E-state index contributed by atoms with van der Waals surface area (Å²) in [5.41, 5.74) is 0.209. The largest absolute Gasteiger partial charge is 0.334 e. The van der Waals surface area contributed by atoms with Crippen molar-refractivity contribution >= 4 is 5.91 Å². The van der Waals surface area contributed by atoms with E-state index in [-0.39, 0.29) is 17.6 Å². The molecule has 1 aromatic heterocycles. The van der Waals surface area contributed by atoms with Crippen molar-refractivity contribution in [3.63, 3.8) is 0 Å². The Morgan fingerprint density at radius 3 is 3.12 bits per heavy atom. The van der Waals surface area contributed by atoms with E-state index in [1.54, 1.807) is 6.07 Å². The molecule has 86 valence electrons. The summed E-state index contributed by atoms with van der Waals surface area (Å²) in [5.74, 6) is -0.748. The van der Waals surface area contributed by atoms with Crippen LogP contribution in [0.1, 0.15) is 36.7 Å². The van der Waals surface area contributed by atoms with Gasteiger partial charge in [0, 0.05) is 12.6 Å². The van der Waals surface area contributed by atoms with Gasteiger partial charge in [-0.3, -0.25) is 4.79 Å². The molecule has 1 unspecified atom stereocenters. The highest BCUT2D eigenvalue weighted by Crippen LogP contribution is 2.21. The Morgan fingerprint density at radius 1 is 1.62 bits per heavy atom. The molecule has 1 saturated heterocycles. The fourth-order valence-corrected chi connectivity index (χ4v) is 2.20. The van der Waals surface area contributed by atoms with Gasteiger partial charge in [0.25, 0.3) is 5.91 Å². The number of pyridine rings is 1. The molecule has 1 amide bonds. The number of likely N-dealkylation sites (tertiary alicyclic amines) is 1. The number of nitrogens with zero attached hydrogens (tertiary/aromatic N) is 2. The van der Waals surface area contributed by atoms with Crippen LogP contribution in [0.3, 0.4) is 0 Å². The van der Waals surface area contributed by atoms with Gasteiger partial charge in [0.15, 0.2) is 0 Å². The lowest BCUT2D eigenvalue weighted by Gasteiger charge is -2.23. The number of hydrogen-bond donors (Lipinski definition) is 0. The van der Waals surface area contributed by atoms with Gasteiger partial charge in [-0.2, -0.15) is 4.39 Å². The van der Waals surface area contributed by atoms with Crippen LogP contribution in [0.4, 0.5) is 4.39 Å². The van der Waals surface area contributed by atoms with Crippen LogP contribution >= 0.6 is 0 Å². The molecule has 3 nitrogen and oxygen atoms in total. The molecule has 0 N–H and O–H groups in total. The maximum Gasteiger partial charge on any atom is 0.272 e. The first-order chi connectivity index (χ1) is 7.72. The SMILES string of the molecule is CCC1CCCN1C(=O)c1cccc(F)n1. The predicted octanol–water partition coefficient (Wildman–Crippen LogP) is 2.24. The van der Waals surface area contributed by atoms with Crippen LogP contribution in [0, 0.1) is 5.95 Å². The number of carbonyl (C=O) groups excluding carboxylic acids is 1. The number of hydrogen-bond acceptors (Lipinski definition) is 2. The molecule has 0 bridgehead atoms. The monoisotopic (exact) mass is 222 g/mol. The minimum atomic E-state index is -0.599. The Hall–Kier alpha value is -1.45. The van der Waals surface area contributed by atoms with Gasteiger partial charge >= 0.3 is 0 Å². The summed E-state index contributed by atoms with van der Waals surface area (Å²) in [6.45, 7) is 2.82. The molecule has 1 aliphatic heterocycles. The first-order valence-corrected chi connectivity index (χ1v) is 5.66. The topological polar surface area (TPSA) is 33.2 Å². The average molecular weight is 222 g/mol.